The lowest BCUT2D eigenvalue weighted by molar-refractivity contribution is 0.141. The first-order valence-corrected chi connectivity index (χ1v) is 10.6. The molecule has 0 radical (unpaired) electrons. The second-order valence-electron chi connectivity index (χ2n) is 6.35. The molecule has 6 atom stereocenters. The molecule has 7 nitrogen and oxygen atoms in total. The van der Waals surface area contributed by atoms with Crippen LogP contribution in [0.15, 0.2) is 0 Å². The van der Waals surface area contributed by atoms with Gasteiger partial charge < -0.3 is 4.74 Å². The fourth-order valence-corrected chi connectivity index (χ4v) is 4.84. The Morgan fingerprint density at radius 1 is 0.952 bits per heavy atom. The molecule has 2 aliphatic carbocycles. The van der Waals surface area contributed by atoms with Crippen LogP contribution in [0, 0.1) is 23.7 Å². The van der Waals surface area contributed by atoms with Crippen LogP contribution in [0.3, 0.4) is 0 Å². The second-order valence-corrected chi connectivity index (χ2v) is 9.64. The molecule has 1 heterocycles. The first-order valence-electron chi connectivity index (χ1n) is 6.98. The summed E-state index contributed by atoms with van der Waals surface area (Å²) in [5.41, 5.74) is 0. The van der Waals surface area contributed by atoms with Gasteiger partial charge in [0, 0.05) is 0 Å². The van der Waals surface area contributed by atoms with Crippen molar-refractivity contribution in [3.05, 3.63) is 0 Å². The van der Waals surface area contributed by atoms with Crippen molar-refractivity contribution in [2.45, 2.75) is 25.0 Å². The van der Waals surface area contributed by atoms with Crippen LogP contribution in [0.5, 0.6) is 0 Å². The SMILES string of the molecule is CS(=O)(=O)OC[C@H]1C[C@@H](COS(C)(=O)=O)[C@@H]2[C@H]1C[C@@H]1O[C@H]21. The summed E-state index contributed by atoms with van der Waals surface area (Å²) in [6.07, 6.45) is 4.14. The van der Waals surface area contributed by atoms with Gasteiger partial charge in [-0.1, -0.05) is 0 Å². The van der Waals surface area contributed by atoms with Gasteiger partial charge in [-0.05, 0) is 36.5 Å². The minimum absolute atomic E-state index is 0.0791. The van der Waals surface area contributed by atoms with Gasteiger partial charge in [0.05, 0.1) is 37.9 Å². The molecule has 1 saturated heterocycles. The summed E-state index contributed by atoms with van der Waals surface area (Å²) in [4.78, 5) is 0. The lowest BCUT2D eigenvalue weighted by atomic mass is 9.90. The Morgan fingerprint density at radius 2 is 1.52 bits per heavy atom. The van der Waals surface area contributed by atoms with Crippen molar-refractivity contribution in [3.63, 3.8) is 0 Å². The summed E-state index contributed by atoms with van der Waals surface area (Å²) in [7, 11) is -6.92. The zero-order valence-electron chi connectivity index (χ0n) is 12.0. The van der Waals surface area contributed by atoms with Crippen molar-refractivity contribution in [3.8, 4) is 0 Å². The summed E-state index contributed by atoms with van der Waals surface area (Å²) in [5, 5.41) is 0. The van der Waals surface area contributed by atoms with Gasteiger partial charge in [-0.2, -0.15) is 16.8 Å². The predicted octanol–water partition coefficient (Wildman–Crippen LogP) is -0.0216. The van der Waals surface area contributed by atoms with E-state index in [1.54, 1.807) is 0 Å². The maximum atomic E-state index is 11.2. The van der Waals surface area contributed by atoms with Gasteiger partial charge in [0.25, 0.3) is 20.2 Å². The monoisotopic (exact) mass is 340 g/mol. The predicted molar refractivity (Wildman–Crippen MR) is 73.4 cm³/mol. The van der Waals surface area contributed by atoms with E-state index in [-0.39, 0.29) is 43.2 Å². The summed E-state index contributed by atoms with van der Waals surface area (Å²) in [6, 6.07) is 0. The van der Waals surface area contributed by atoms with E-state index in [2.05, 4.69) is 0 Å². The third-order valence-electron chi connectivity index (χ3n) is 4.75. The van der Waals surface area contributed by atoms with E-state index in [1.165, 1.54) is 0 Å². The van der Waals surface area contributed by atoms with Gasteiger partial charge in [0.1, 0.15) is 0 Å². The molecular weight excluding hydrogens is 320 g/mol. The zero-order chi connectivity index (χ0) is 15.4. The third-order valence-corrected chi connectivity index (χ3v) is 5.88. The van der Waals surface area contributed by atoms with Gasteiger partial charge in [0.2, 0.25) is 0 Å². The van der Waals surface area contributed by atoms with E-state index in [0.29, 0.717) is 12.3 Å². The Kier molecular flexibility index (Phi) is 3.85. The highest BCUT2D eigenvalue weighted by molar-refractivity contribution is 7.86. The topological polar surface area (TPSA) is 99.3 Å². The van der Waals surface area contributed by atoms with Gasteiger partial charge in [-0.25, -0.2) is 0 Å². The van der Waals surface area contributed by atoms with E-state index in [1.807, 2.05) is 0 Å². The average molecular weight is 340 g/mol. The zero-order valence-corrected chi connectivity index (χ0v) is 13.6. The van der Waals surface area contributed by atoms with Gasteiger partial charge in [-0.15, -0.1) is 0 Å². The number of ether oxygens (including phenoxy) is 1. The Hall–Kier alpha value is -0.220. The van der Waals surface area contributed by atoms with E-state index < -0.39 is 20.2 Å². The first kappa shape index (κ1) is 15.7. The van der Waals surface area contributed by atoms with E-state index in [9.17, 15) is 16.8 Å². The lowest BCUT2D eigenvalue weighted by Gasteiger charge is -2.20. The van der Waals surface area contributed by atoms with Crippen LogP contribution in [0.2, 0.25) is 0 Å². The van der Waals surface area contributed by atoms with Crippen LogP contribution in [0.1, 0.15) is 12.8 Å². The number of epoxide rings is 1. The summed E-state index contributed by atoms with van der Waals surface area (Å²) in [5.74, 6) is 0.790. The number of hydrogen-bond donors (Lipinski definition) is 0. The molecule has 2 saturated carbocycles. The Morgan fingerprint density at radius 3 is 2.10 bits per heavy atom. The molecule has 3 aliphatic rings. The standard InChI is InChI=1S/C12H20O7S2/c1-20(13,14)17-5-7-3-8(6-18-21(2,15)16)11-9(7)4-10-12(11)19-10/h7-12H,3-6H2,1-2H3/t7-,8+,9+,10+,11-,12+/m1/s1. The van der Waals surface area contributed by atoms with E-state index in [0.717, 1.165) is 18.9 Å². The Balaban J connectivity index is 1.65. The molecular formula is C12H20O7S2. The minimum Gasteiger partial charge on any atom is -0.369 e. The van der Waals surface area contributed by atoms with E-state index >= 15 is 0 Å². The smallest absolute Gasteiger partial charge is 0.264 e. The molecule has 0 amide bonds. The molecule has 3 rings (SSSR count). The van der Waals surface area contributed by atoms with Crippen LogP contribution < -0.4 is 0 Å². The van der Waals surface area contributed by atoms with Crippen LogP contribution in [-0.2, 0) is 33.3 Å². The highest BCUT2D eigenvalue weighted by Crippen LogP contribution is 2.58. The Bertz CT molecular complexity index is 612. The number of hydrogen-bond acceptors (Lipinski definition) is 7. The van der Waals surface area contributed by atoms with Crippen molar-refractivity contribution in [2.75, 3.05) is 25.7 Å². The molecule has 0 bridgehead atoms. The molecule has 0 aromatic carbocycles. The quantitative estimate of drug-likeness (QED) is 0.495. The molecule has 122 valence electrons. The maximum absolute atomic E-state index is 11.2. The van der Waals surface area contributed by atoms with Crippen LogP contribution in [0.4, 0.5) is 0 Å². The average Bonchev–Trinajstić information content (AvgIpc) is 2.84. The fourth-order valence-electron chi connectivity index (χ4n) is 3.99. The van der Waals surface area contributed by atoms with Crippen molar-refractivity contribution in [2.24, 2.45) is 23.7 Å². The lowest BCUT2D eigenvalue weighted by Crippen LogP contribution is -2.23. The molecule has 3 fully saturated rings. The largest absolute Gasteiger partial charge is 0.369 e. The highest BCUT2D eigenvalue weighted by Gasteiger charge is 2.62. The third kappa shape index (κ3) is 3.58. The maximum Gasteiger partial charge on any atom is 0.264 e. The Labute approximate surface area is 125 Å². The van der Waals surface area contributed by atoms with Crippen LogP contribution in [0.25, 0.3) is 0 Å². The van der Waals surface area contributed by atoms with Crippen LogP contribution in [-0.4, -0.2) is 54.8 Å². The molecule has 0 unspecified atom stereocenters. The highest BCUT2D eigenvalue weighted by atomic mass is 32.2. The van der Waals surface area contributed by atoms with Crippen LogP contribution >= 0.6 is 0 Å². The van der Waals surface area contributed by atoms with Crippen molar-refractivity contribution in [1.29, 1.82) is 0 Å². The second kappa shape index (κ2) is 5.16. The van der Waals surface area contributed by atoms with Crippen molar-refractivity contribution >= 4 is 20.2 Å². The summed E-state index contributed by atoms with van der Waals surface area (Å²) < 4.78 is 60.0. The number of rotatable bonds is 6. The van der Waals surface area contributed by atoms with E-state index in [4.69, 9.17) is 13.1 Å². The number of fused-ring (bicyclic) bond motifs is 3. The summed E-state index contributed by atoms with van der Waals surface area (Å²) in [6.45, 7) is 0.302. The molecule has 0 aromatic heterocycles. The molecule has 0 aromatic rings. The molecule has 9 heteroatoms. The minimum atomic E-state index is -3.47. The van der Waals surface area contributed by atoms with Gasteiger partial charge in [0.15, 0.2) is 0 Å². The van der Waals surface area contributed by atoms with Crippen molar-refractivity contribution < 1.29 is 29.9 Å². The van der Waals surface area contributed by atoms with Gasteiger partial charge in [-0.3, -0.25) is 8.37 Å². The van der Waals surface area contributed by atoms with Gasteiger partial charge >= 0.3 is 0 Å². The summed E-state index contributed by atoms with van der Waals surface area (Å²) >= 11 is 0. The molecule has 21 heavy (non-hydrogen) atoms. The normalized spacial score (nSPS) is 41.8. The first-order chi connectivity index (χ1) is 9.64. The molecule has 0 N–H and O–H groups in total. The van der Waals surface area contributed by atoms with Crippen molar-refractivity contribution in [1.82, 2.24) is 0 Å². The fraction of sp³-hybridized carbons (Fsp3) is 1.00. The molecule has 0 spiro atoms. The molecule has 1 aliphatic heterocycles.